The minimum atomic E-state index is -2.64. The number of alkyl halides is 2. The molecule has 0 bridgehead atoms. The number of hydrogen-bond acceptors (Lipinski definition) is 1. The molecule has 2 fully saturated rings. The van der Waals surface area contributed by atoms with Gasteiger partial charge in [0.1, 0.15) is 0 Å². The van der Waals surface area contributed by atoms with Gasteiger partial charge in [0, 0.05) is 17.5 Å². The number of benzene rings is 1. The van der Waals surface area contributed by atoms with Crippen LogP contribution in [-0.4, -0.2) is 6.04 Å². The molecule has 0 atom stereocenters. The molecule has 0 radical (unpaired) electrons. The first-order chi connectivity index (χ1) is 8.07. The molecular weight excluding hydrogens is 220 g/mol. The van der Waals surface area contributed by atoms with E-state index in [1.165, 1.54) is 0 Å². The fourth-order valence-corrected chi connectivity index (χ4v) is 2.62. The van der Waals surface area contributed by atoms with Crippen molar-refractivity contribution in [2.24, 2.45) is 11.7 Å². The molecule has 92 valence electrons. The smallest absolute Gasteiger partial charge is 0.276 e. The van der Waals surface area contributed by atoms with E-state index in [2.05, 4.69) is 0 Å². The van der Waals surface area contributed by atoms with Gasteiger partial charge in [-0.25, -0.2) is 8.78 Å². The Morgan fingerprint density at radius 1 is 1.18 bits per heavy atom. The van der Waals surface area contributed by atoms with E-state index in [4.69, 9.17) is 5.73 Å². The van der Waals surface area contributed by atoms with Gasteiger partial charge in [-0.1, -0.05) is 18.2 Å². The molecular formula is C14H17F2N. The van der Waals surface area contributed by atoms with Gasteiger partial charge >= 0.3 is 0 Å². The number of nitrogens with two attached hydrogens (primary N) is 1. The third-order valence-corrected chi connectivity index (χ3v) is 4.01. The molecule has 3 rings (SSSR count). The Morgan fingerprint density at radius 3 is 2.47 bits per heavy atom. The van der Waals surface area contributed by atoms with E-state index in [-0.39, 0.29) is 11.6 Å². The van der Waals surface area contributed by atoms with Crippen molar-refractivity contribution in [3.8, 4) is 0 Å². The highest BCUT2D eigenvalue weighted by Gasteiger charge is 2.48. The van der Waals surface area contributed by atoms with Crippen LogP contribution in [0.5, 0.6) is 0 Å². The van der Waals surface area contributed by atoms with Crippen molar-refractivity contribution < 1.29 is 8.78 Å². The molecule has 0 unspecified atom stereocenters. The van der Waals surface area contributed by atoms with Gasteiger partial charge in [-0.3, -0.25) is 0 Å². The van der Waals surface area contributed by atoms with Crippen molar-refractivity contribution in [1.82, 2.24) is 0 Å². The summed E-state index contributed by atoms with van der Waals surface area (Å²) >= 11 is 0. The first kappa shape index (κ1) is 11.1. The van der Waals surface area contributed by atoms with Gasteiger partial charge in [-0.2, -0.15) is 0 Å². The van der Waals surface area contributed by atoms with Crippen LogP contribution < -0.4 is 5.73 Å². The van der Waals surface area contributed by atoms with Crippen LogP contribution >= 0.6 is 0 Å². The first-order valence-electron chi connectivity index (χ1n) is 6.31. The van der Waals surface area contributed by atoms with Crippen molar-refractivity contribution in [1.29, 1.82) is 0 Å². The van der Waals surface area contributed by atoms with E-state index >= 15 is 0 Å². The second-order valence-electron chi connectivity index (χ2n) is 5.45. The molecule has 0 aliphatic heterocycles. The Kier molecular flexibility index (Phi) is 2.47. The topological polar surface area (TPSA) is 26.0 Å². The molecule has 3 heteroatoms. The van der Waals surface area contributed by atoms with Gasteiger partial charge in [-0.05, 0) is 43.2 Å². The molecule has 0 saturated heterocycles. The summed E-state index contributed by atoms with van der Waals surface area (Å²) in [5.41, 5.74) is 6.96. The minimum absolute atomic E-state index is 0.193. The molecule has 2 N–H and O–H groups in total. The normalized spacial score (nSPS) is 28.9. The zero-order valence-electron chi connectivity index (χ0n) is 9.70. The molecule has 0 spiro atoms. The van der Waals surface area contributed by atoms with Crippen molar-refractivity contribution in [2.45, 2.75) is 43.6 Å². The lowest BCUT2D eigenvalue weighted by molar-refractivity contribution is -0.0286. The highest BCUT2D eigenvalue weighted by molar-refractivity contribution is 5.32. The Morgan fingerprint density at radius 2 is 1.88 bits per heavy atom. The summed E-state index contributed by atoms with van der Waals surface area (Å²) in [6.45, 7) is 0. The standard InChI is InChI=1S/C14H17F2N/c15-14(16,11-4-5-11)12-3-1-2-9(6-12)10-7-13(17)8-10/h1-3,6,10-11,13H,4-5,7-8,17H2. The largest absolute Gasteiger partial charge is 0.328 e. The van der Waals surface area contributed by atoms with Crippen LogP contribution in [-0.2, 0) is 5.92 Å². The van der Waals surface area contributed by atoms with Crippen LogP contribution in [0.3, 0.4) is 0 Å². The maximum absolute atomic E-state index is 14.0. The summed E-state index contributed by atoms with van der Waals surface area (Å²) in [6.07, 6.45) is 3.17. The lowest BCUT2D eigenvalue weighted by atomic mass is 9.76. The molecule has 0 heterocycles. The third-order valence-electron chi connectivity index (χ3n) is 4.01. The number of halogens is 2. The van der Waals surface area contributed by atoms with Crippen molar-refractivity contribution in [3.63, 3.8) is 0 Å². The Bertz CT molecular complexity index is 420. The Balaban J connectivity index is 1.83. The van der Waals surface area contributed by atoms with Crippen molar-refractivity contribution in [2.75, 3.05) is 0 Å². The zero-order valence-corrected chi connectivity index (χ0v) is 9.70. The summed E-state index contributed by atoms with van der Waals surface area (Å²) in [7, 11) is 0. The maximum atomic E-state index is 14.0. The van der Waals surface area contributed by atoms with Crippen LogP contribution in [0.25, 0.3) is 0 Å². The Labute approximate surface area is 100 Å². The van der Waals surface area contributed by atoms with E-state index in [1.54, 1.807) is 18.2 Å². The number of hydrogen-bond donors (Lipinski definition) is 1. The third kappa shape index (κ3) is 1.97. The lowest BCUT2D eigenvalue weighted by Crippen LogP contribution is -2.34. The molecule has 0 amide bonds. The van der Waals surface area contributed by atoms with Gasteiger partial charge in [0.25, 0.3) is 5.92 Å². The minimum Gasteiger partial charge on any atom is -0.328 e. The molecule has 2 aliphatic carbocycles. The van der Waals surface area contributed by atoms with Gasteiger partial charge < -0.3 is 5.73 Å². The monoisotopic (exact) mass is 237 g/mol. The van der Waals surface area contributed by atoms with E-state index in [0.29, 0.717) is 18.8 Å². The first-order valence-corrected chi connectivity index (χ1v) is 6.31. The van der Waals surface area contributed by atoms with Crippen LogP contribution in [0.1, 0.15) is 42.7 Å². The Hall–Kier alpha value is -0.960. The summed E-state index contributed by atoms with van der Waals surface area (Å²) in [6, 6.07) is 7.20. The molecule has 2 saturated carbocycles. The predicted octanol–water partition coefficient (Wildman–Crippen LogP) is 3.39. The second kappa shape index (κ2) is 3.77. The average molecular weight is 237 g/mol. The van der Waals surface area contributed by atoms with Gasteiger partial charge in [0.2, 0.25) is 0 Å². The molecule has 17 heavy (non-hydrogen) atoms. The maximum Gasteiger partial charge on any atom is 0.276 e. The SMILES string of the molecule is NC1CC(c2cccc(C(F)(F)C3CC3)c2)C1. The van der Waals surface area contributed by atoms with E-state index in [1.807, 2.05) is 6.07 Å². The fourth-order valence-electron chi connectivity index (χ4n) is 2.62. The van der Waals surface area contributed by atoms with Crippen LogP contribution in [0.4, 0.5) is 8.78 Å². The highest BCUT2D eigenvalue weighted by Crippen LogP contribution is 2.50. The van der Waals surface area contributed by atoms with E-state index < -0.39 is 11.8 Å². The highest BCUT2D eigenvalue weighted by atomic mass is 19.3. The van der Waals surface area contributed by atoms with Crippen molar-refractivity contribution >= 4 is 0 Å². The fraction of sp³-hybridized carbons (Fsp3) is 0.571. The van der Waals surface area contributed by atoms with E-state index in [9.17, 15) is 8.78 Å². The van der Waals surface area contributed by atoms with Crippen LogP contribution in [0.15, 0.2) is 24.3 Å². The lowest BCUT2D eigenvalue weighted by Gasteiger charge is -2.33. The summed E-state index contributed by atoms with van der Waals surface area (Å²) in [5.74, 6) is -2.68. The van der Waals surface area contributed by atoms with Gasteiger partial charge in [-0.15, -0.1) is 0 Å². The second-order valence-corrected chi connectivity index (χ2v) is 5.45. The van der Waals surface area contributed by atoms with Crippen LogP contribution in [0.2, 0.25) is 0 Å². The number of rotatable bonds is 3. The summed E-state index contributed by atoms with van der Waals surface area (Å²) in [5, 5.41) is 0. The van der Waals surface area contributed by atoms with E-state index in [0.717, 1.165) is 18.4 Å². The van der Waals surface area contributed by atoms with Crippen molar-refractivity contribution in [3.05, 3.63) is 35.4 Å². The zero-order chi connectivity index (χ0) is 12.0. The predicted molar refractivity (Wildman–Crippen MR) is 63.0 cm³/mol. The molecule has 2 aliphatic rings. The summed E-state index contributed by atoms with van der Waals surface area (Å²) in [4.78, 5) is 0. The molecule has 0 aromatic heterocycles. The van der Waals surface area contributed by atoms with Crippen LogP contribution in [0, 0.1) is 5.92 Å². The van der Waals surface area contributed by atoms with Gasteiger partial charge in [0.05, 0.1) is 0 Å². The molecule has 1 aromatic carbocycles. The quantitative estimate of drug-likeness (QED) is 0.856. The van der Waals surface area contributed by atoms with Gasteiger partial charge in [0.15, 0.2) is 0 Å². The summed E-state index contributed by atoms with van der Waals surface area (Å²) < 4.78 is 27.9. The average Bonchev–Trinajstić information content (AvgIpc) is 3.09. The molecule has 1 aromatic rings. The molecule has 1 nitrogen and oxygen atoms in total.